The topological polar surface area (TPSA) is 42.7 Å². The van der Waals surface area contributed by atoms with Crippen LogP contribution in [0.15, 0.2) is 36.7 Å². The van der Waals surface area contributed by atoms with Gasteiger partial charge in [0.15, 0.2) is 0 Å². The van der Waals surface area contributed by atoms with E-state index < -0.39 is 0 Å². The molecule has 19 heavy (non-hydrogen) atoms. The molecule has 1 unspecified atom stereocenters. The molecule has 2 aromatic heterocycles. The molecule has 2 heterocycles. The number of rotatable bonds is 7. The third kappa shape index (κ3) is 3.64. The summed E-state index contributed by atoms with van der Waals surface area (Å²) in [5, 5.41) is 7.90. The average molecular weight is 258 g/mol. The Morgan fingerprint density at radius 1 is 1.21 bits per heavy atom. The van der Waals surface area contributed by atoms with Gasteiger partial charge in [-0.1, -0.05) is 13.0 Å². The van der Waals surface area contributed by atoms with Gasteiger partial charge in [0.25, 0.3) is 0 Å². The van der Waals surface area contributed by atoms with Gasteiger partial charge in [-0.25, -0.2) is 0 Å². The van der Waals surface area contributed by atoms with E-state index in [1.807, 2.05) is 24.5 Å². The van der Waals surface area contributed by atoms with Crippen LogP contribution in [0.3, 0.4) is 0 Å². The van der Waals surface area contributed by atoms with Crippen molar-refractivity contribution >= 4 is 0 Å². The standard InChI is InChI=1S/C15H22N4/c1-3-16-14(15-10-12-18-19(15)4-2)9-8-13-7-5-6-11-17-13/h5-7,10-12,14,16H,3-4,8-9H2,1-2H3. The van der Waals surface area contributed by atoms with Crippen LogP contribution >= 0.6 is 0 Å². The highest BCUT2D eigenvalue weighted by atomic mass is 15.3. The van der Waals surface area contributed by atoms with Gasteiger partial charge in [0.05, 0.1) is 5.69 Å². The minimum Gasteiger partial charge on any atom is -0.309 e. The molecule has 0 fully saturated rings. The second kappa shape index (κ2) is 7.04. The average Bonchev–Trinajstić information content (AvgIpc) is 2.93. The number of hydrogen-bond acceptors (Lipinski definition) is 3. The Kier molecular flexibility index (Phi) is 5.10. The fourth-order valence-corrected chi connectivity index (χ4v) is 2.34. The molecule has 0 spiro atoms. The first-order chi connectivity index (χ1) is 9.35. The summed E-state index contributed by atoms with van der Waals surface area (Å²) in [4.78, 5) is 4.38. The van der Waals surface area contributed by atoms with E-state index in [1.165, 1.54) is 5.69 Å². The Balaban J connectivity index is 2.04. The van der Waals surface area contributed by atoms with Gasteiger partial charge in [0.2, 0.25) is 0 Å². The molecule has 0 aromatic carbocycles. The van der Waals surface area contributed by atoms with E-state index in [2.05, 4.69) is 46.1 Å². The van der Waals surface area contributed by atoms with Crippen LogP contribution in [0.2, 0.25) is 0 Å². The van der Waals surface area contributed by atoms with E-state index in [-0.39, 0.29) is 0 Å². The number of pyridine rings is 1. The van der Waals surface area contributed by atoms with E-state index in [9.17, 15) is 0 Å². The third-order valence-corrected chi connectivity index (χ3v) is 3.27. The van der Waals surface area contributed by atoms with Crippen LogP contribution in [-0.4, -0.2) is 21.3 Å². The van der Waals surface area contributed by atoms with Crippen LogP contribution in [0.1, 0.15) is 37.7 Å². The van der Waals surface area contributed by atoms with Crippen molar-refractivity contribution in [3.05, 3.63) is 48.0 Å². The van der Waals surface area contributed by atoms with Crippen LogP contribution in [0.25, 0.3) is 0 Å². The Labute approximate surface area is 114 Å². The zero-order chi connectivity index (χ0) is 13.5. The van der Waals surface area contributed by atoms with Crippen molar-refractivity contribution in [3.8, 4) is 0 Å². The maximum Gasteiger partial charge on any atom is 0.0553 e. The maximum absolute atomic E-state index is 4.38. The summed E-state index contributed by atoms with van der Waals surface area (Å²) in [6.07, 6.45) is 5.75. The van der Waals surface area contributed by atoms with E-state index in [1.54, 1.807) is 0 Å². The van der Waals surface area contributed by atoms with Crippen LogP contribution in [0, 0.1) is 0 Å². The molecule has 0 saturated heterocycles. The predicted molar refractivity (Wildman–Crippen MR) is 76.9 cm³/mol. The first-order valence-electron chi connectivity index (χ1n) is 7.00. The summed E-state index contributed by atoms with van der Waals surface area (Å²) in [5.74, 6) is 0. The molecule has 1 atom stereocenters. The molecule has 4 nitrogen and oxygen atoms in total. The number of aromatic nitrogens is 3. The Morgan fingerprint density at radius 2 is 2.11 bits per heavy atom. The summed E-state index contributed by atoms with van der Waals surface area (Å²) in [5.41, 5.74) is 2.41. The monoisotopic (exact) mass is 258 g/mol. The minimum absolute atomic E-state index is 0.342. The van der Waals surface area contributed by atoms with Gasteiger partial charge in [-0.2, -0.15) is 5.10 Å². The molecule has 0 aliphatic rings. The Hall–Kier alpha value is -1.68. The summed E-state index contributed by atoms with van der Waals surface area (Å²) >= 11 is 0. The highest BCUT2D eigenvalue weighted by molar-refractivity contribution is 5.09. The van der Waals surface area contributed by atoms with Crippen molar-refractivity contribution in [2.24, 2.45) is 0 Å². The van der Waals surface area contributed by atoms with Crippen molar-refractivity contribution in [1.29, 1.82) is 0 Å². The van der Waals surface area contributed by atoms with E-state index in [0.29, 0.717) is 6.04 Å². The van der Waals surface area contributed by atoms with E-state index >= 15 is 0 Å². The molecule has 2 rings (SSSR count). The molecule has 0 aliphatic carbocycles. The van der Waals surface area contributed by atoms with Crippen LogP contribution in [-0.2, 0) is 13.0 Å². The molecular formula is C15H22N4. The number of nitrogens with zero attached hydrogens (tertiary/aromatic N) is 3. The molecule has 0 aliphatic heterocycles. The molecule has 0 amide bonds. The fourth-order valence-electron chi connectivity index (χ4n) is 2.34. The van der Waals surface area contributed by atoms with Crippen molar-refractivity contribution in [2.45, 2.75) is 39.3 Å². The zero-order valence-electron chi connectivity index (χ0n) is 11.7. The molecule has 0 saturated carbocycles. The number of hydrogen-bond donors (Lipinski definition) is 1. The zero-order valence-corrected chi connectivity index (χ0v) is 11.7. The molecule has 1 N–H and O–H groups in total. The summed E-state index contributed by atoms with van der Waals surface area (Å²) < 4.78 is 2.06. The van der Waals surface area contributed by atoms with Gasteiger partial charge in [0.1, 0.15) is 0 Å². The smallest absolute Gasteiger partial charge is 0.0553 e. The number of nitrogens with one attached hydrogen (secondary N) is 1. The molecule has 2 aromatic rings. The van der Waals surface area contributed by atoms with Gasteiger partial charge >= 0.3 is 0 Å². The first-order valence-corrected chi connectivity index (χ1v) is 7.00. The Bertz CT molecular complexity index is 478. The highest BCUT2D eigenvalue weighted by Crippen LogP contribution is 2.18. The molecule has 0 bridgehead atoms. The largest absolute Gasteiger partial charge is 0.309 e. The number of aryl methyl sites for hydroxylation is 2. The summed E-state index contributed by atoms with van der Waals surface area (Å²) in [6.45, 7) is 6.13. The second-order valence-electron chi connectivity index (χ2n) is 4.54. The van der Waals surface area contributed by atoms with Crippen molar-refractivity contribution in [3.63, 3.8) is 0 Å². The predicted octanol–water partition coefficient (Wildman–Crippen LogP) is 2.58. The van der Waals surface area contributed by atoms with E-state index in [4.69, 9.17) is 0 Å². The van der Waals surface area contributed by atoms with Gasteiger partial charge in [-0.15, -0.1) is 0 Å². The van der Waals surface area contributed by atoms with Gasteiger partial charge in [0, 0.05) is 30.7 Å². The molecular weight excluding hydrogens is 236 g/mol. The third-order valence-electron chi connectivity index (χ3n) is 3.27. The fraction of sp³-hybridized carbons (Fsp3) is 0.467. The lowest BCUT2D eigenvalue weighted by atomic mass is 10.1. The van der Waals surface area contributed by atoms with Crippen molar-refractivity contribution in [2.75, 3.05) is 6.54 Å². The van der Waals surface area contributed by atoms with Crippen molar-refractivity contribution in [1.82, 2.24) is 20.1 Å². The summed E-state index contributed by atoms with van der Waals surface area (Å²) in [7, 11) is 0. The van der Waals surface area contributed by atoms with Crippen LogP contribution in [0.5, 0.6) is 0 Å². The van der Waals surface area contributed by atoms with E-state index in [0.717, 1.165) is 31.6 Å². The SMILES string of the molecule is CCNC(CCc1ccccn1)c1ccnn1CC. The lowest BCUT2D eigenvalue weighted by molar-refractivity contribution is 0.465. The van der Waals surface area contributed by atoms with Crippen LogP contribution in [0.4, 0.5) is 0 Å². The highest BCUT2D eigenvalue weighted by Gasteiger charge is 2.14. The minimum atomic E-state index is 0.342. The second-order valence-corrected chi connectivity index (χ2v) is 4.54. The lowest BCUT2D eigenvalue weighted by Crippen LogP contribution is -2.24. The van der Waals surface area contributed by atoms with Gasteiger partial charge < -0.3 is 5.32 Å². The molecule has 4 heteroatoms. The Morgan fingerprint density at radius 3 is 2.79 bits per heavy atom. The normalized spacial score (nSPS) is 12.5. The lowest BCUT2D eigenvalue weighted by Gasteiger charge is -2.18. The maximum atomic E-state index is 4.38. The van der Waals surface area contributed by atoms with Crippen molar-refractivity contribution < 1.29 is 0 Å². The summed E-state index contributed by atoms with van der Waals surface area (Å²) in [6, 6.07) is 8.53. The molecule has 0 radical (unpaired) electrons. The van der Waals surface area contributed by atoms with Gasteiger partial charge in [-0.05, 0) is 44.5 Å². The van der Waals surface area contributed by atoms with Gasteiger partial charge in [-0.3, -0.25) is 9.67 Å². The molecule has 102 valence electrons. The van der Waals surface area contributed by atoms with Crippen LogP contribution < -0.4 is 5.32 Å². The first kappa shape index (κ1) is 13.7. The quantitative estimate of drug-likeness (QED) is 0.830.